The van der Waals surface area contributed by atoms with Crippen LogP contribution in [0, 0.1) is 11.8 Å². The molecule has 2 aliphatic rings. The van der Waals surface area contributed by atoms with Crippen molar-refractivity contribution < 1.29 is 18.0 Å². The van der Waals surface area contributed by atoms with Crippen molar-refractivity contribution in [2.45, 2.75) is 32.4 Å². The fourth-order valence-corrected chi connectivity index (χ4v) is 5.14. The smallest absolute Gasteiger partial charge is 0.226 e. The Morgan fingerprint density at radius 1 is 1.36 bits per heavy atom. The zero-order chi connectivity index (χ0) is 18.0. The maximum absolute atomic E-state index is 12.7. The molecule has 3 unspecified atom stereocenters. The fourth-order valence-electron chi connectivity index (χ4n) is 3.41. The molecule has 1 saturated carbocycles. The maximum atomic E-state index is 12.7. The molecule has 0 aromatic carbocycles. The third-order valence-corrected chi connectivity index (χ3v) is 6.66. The number of rotatable bonds is 6. The van der Waals surface area contributed by atoms with Gasteiger partial charge in [-0.05, 0) is 31.4 Å². The number of aromatic nitrogens is 1. The summed E-state index contributed by atoms with van der Waals surface area (Å²) in [6, 6.07) is 3.43. The summed E-state index contributed by atoms with van der Waals surface area (Å²) in [6.07, 6.45) is 4.39. The van der Waals surface area contributed by atoms with Crippen LogP contribution in [0.2, 0.25) is 0 Å². The molecule has 2 heterocycles. The van der Waals surface area contributed by atoms with E-state index in [0.717, 1.165) is 5.56 Å². The van der Waals surface area contributed by atoms with Crippen LogP contribution in [-0.4, -0.2) is 54.2 Å². The molecule has 3 rings (SSSR count). The van der Waals surface area contributed by atoms with Crippen LogP contribution < -0.4 is 5.32 Å². The van der Waals surface area contributed by atoms with Gasteiger partial charge < -0.3 is 10.2 Å². The van der Waals surface area contributed by atoms with Crippen molar-refractivity contribution >= 4 is 21.7 Å². The van der Waals surface area contributed by atoms with E-state index < -0.39 is 9.84 Å². The highest BCUT2D eigenvalue weighted by Gasteiger charge is 2.50. The summed E-state index contributed by atoms with van der Waals surface area (Å²) in [4.78, 5) is 30.5. The van der Waals surface area contributed by atoms with Crippen molar-refractivity contribution in [1.82, 2.24) is 15.2 Å². The third kappa shape index (κ3) is 4.18. The lowest BCUT2D eigenvalue weighted by Crippen LogP contribution is -2.42. The number of nitrogens with zero attached hydrogens (tertiary/aromatic N) is 2. The molecular formula is C17H23N3O4S. The molecule has 1 aromatic heterocycles. The van der Waals surface area contributed by atoms with E-state index in [1.807, 2.05) is 13.0 Å². The minimum Gasteiger partial charge on any atom is -0.352 e. The number of nitrogens with one attached hydrogen (secondary N) is 1. The maximum Gasteiger partial charge on any atom is 0.226 e. The Kier molecular flexibility index (Phi) is 5.08. The van der Waals surface area contributed by atoms with Crippen LogP contribution >= 0.6 is 0 Å². The molecule has 2 fully saturated rings. The monoisotopic (exact) mass is 365 g/mol. The molecule has 8 heteroatoms. The molecule has 1 aliphatic heterocycles. The van der Waals surface area contributed by atoms with E-state index in [1.165, 1.54) is 0 Å². The lowest BCUT2D eigenvalue weighted by Gasteiger charge is -2.27. The Labute approximate surface area is 147 Å². The number of carbonyl (C=O) groups is 2. The molecule has 0 radical (unpaired) electrons. The highest BCUT2D eigenvalue weighted by molar-refractivity contribution is 7.91. The van der Waals surface area contributed by atoms with Gasteiger partial charge in [-0.3, -0.25) is 14.6 Å². The lowest BCUT2D eigenvalue weighted by molar-refractivity contribution is -0.136. The summed E-state index contributed by atoms with van der Waals surface area (Å²) in [7, 11) is -3.04. The summed E-state index contributed by atoms with van der Waals surface area (Å²) in [5.74, 6) is -0.671. The largest absolute Gasteiger partial charge is 0.352 e. The average molecular weight is 365 g/mol. The third-order valence-electron chi connectivity index (χ3n) is 4.91. The summed E-state index contributed by atoms with van der Waals surface area (Å²) < 4.78 is 23.3. The number of hydrogen-bond donors (Lipinski definition) is 1. The van der Waals surface area contributed by atoms with Crippen LogP contribution in [0.1, 0.15) is 25.3 Å². The molecule has 25 heavy (non-hydrogen) atoms. The van der Waals surface area contributed by atoms with Gasteiger partial charge in [0.2, 0.25) is 11.8 Å². The first kappa shape index (κ1) is 17.8. The van der Waals surface area contributed by atoms with Crippen molar-refractivity contribution in [3.8, 4) is 0 Å². The standard InChI is InChI=1S/C17H23N3O4S/c1-2-20(13-5-7-25(23,24)11-13)17(22)15-8-14(15)16(21)19-10-12-4-3-6-18-9-12/h3-4,6,9,13-15H,2,5,7-8,10-11H2,1H3,(H,19,21). The van der Waals surface area contributed by atoms with Gasteiger partial charge in [-0.1, -0.05) is 6.07 Å². The van der Waals surface area contributed by atoms with Crippen LogP contribution in [0.4, 0.5) is 0 Å². The molecule has 1 aliphatic carbocycles. The summed E-state index contributed by atoms with van der Waals surface area (Å²) >= 11 is 0. The van der Waals surface area contributed by atoms with Gasteiger partial charge in [0.25, 0.3) is 0 Å². The molecular weight excluding hydrogens is 342 g/mol. The number of sulfone groups is 1. The van der Waals surface area contributed by atoms with E-state index >= 15 is 0 Å². The number of hydrogen-bond acceptors (Lipinski definition) is 5. The first-order valence-corrected chi connectivity index (χ1v) is 10.4. The van der Waals surface area contributed by atoms with Crippen LogP contribution in [0.25, 0.3) is 0 Å². The molecule has 0 spiro atoms. The molecule has 3 atom stereocenters. The number of pyridine rings is 1. The van der Waals surface area contributed by atoms with Gasteiger partial charge in [-0.2, -0.15) is 0 Å². The van der Waals surface area contributed by atoms with E-state index in [4.69, 9.17) is 0 Å². The Hall–Kier alpha value is -1.96. The minimum absolute atomic E-state index is 0.0389. The first-order valence-electron chi connectivity index (χ1n) is 8.59. The van der Waals surface area contributed by atoms with Crippen LogP contribution in [0.3, 0.4) is 0 Å². The molecule has 1 aromatic rings. The SMILES string of the molecule is CCN(C(=O)C1CC1C(=O)NCc1cccnc1)C1CCS(=O)(=O)C1. The van der Waals surface area contributed by atoms with Crippen molar-refractivity contribution in [2.24, 2.45) is 11.8 Å². The minimum atomic E-state index is -3.04. The second kappa shape index (κ2) is 7.11. The Morgan fingerprint density at radius 3 is 2.76 bits per heavy atom. The van der Waals surface area contributed by atoms with E-state index in [9.17, 15) is 18.0 Å². The second-order valence-electron chi connectivity index (χ2n) is 6.71. The first-order chi connectivity index (χ1) is 11.9. The lowest BCUT2D eigenvalue weighted by atomic mass is 10.2. The van der Waals surface area contributed by atoms with Gasteiger partial charge in [0.05, 0.1) is 23.3 Å². The Bertz CT molecular complexity index is 750. The average Bonchev–Trinajstić information content (AvgIpc) is 3.32. The van der Waals surface area contributed by atoms with Crippen LogP contribution in [0.5, 0.6) is 0 Å². The van der Waals surface area contributed by atoms with Gasteiger partial charge in [0.1, 0.15) is 0 Å². The van der Waals surface area contributed by atoms with Gasteiger partial charge in [-0.25, -0.2) is 8.42 Å². The van der Waals surface area contributed by atoms with Crippen LogP contribution in [-0.2, 0) is 26.0 Å². The quantitative estimate of drug-likeness (QED) is 0.786. The summed E-state index contributed by atoms with van der Waals surface area (Å²) in [5, 5.41) is 2.84. The number of carbonyl (C=O) groups excluding carboxylic acids is 2. The molecule has 7 nitrogen and oxygen atoms in total. The zero-order valence-electron chi connectivity index (χ0n) is 14.2. The molecule has 0 bridgehead atoms. The molecule has 2 amide bonds. The predicted octanol–water partition coefficient (Wildman–Crippen LogP) is 0.369. The second-order valence-corrected chi connectivity index (χ2v) is 8.94. The molecule has 1 N–H and O–H groups in total. The molecule has 136 valence electrons. The fraction of sp³-hybridized carbons (Fsp3) is 0.588. The van der Waals surface area contributed by atoms with E-state index in [2.05, 4.69) is 10.3 Å². The van der Waals surface area contributed by atoms with Gasteiger partial charge in [0, 0.05) is 31.5 Å². The van der Waals surface area contributed by atoms with Crippen molar-refractivity contribution in [3.05, 3.63) is 30.1 Å². The van der Waals surface area contributed by atoms with Crippen molar-refractivity contribution in [1.29, 1.82) is 0 Å². The summed E-state index contributed by atoms with van der Waals surface area (Å²) in [6.45, 7) is 2.71. The summed E-state index contributed by atoms with van der Waals surface area (Å²) in [5.41, 5.74) is 0.908. The van der Waals surface area contributed by atoms with Gasteiger partial charge in [-0.15, -0.1) is 0 Å². The van der Waals surface area contributed by atoms with E-state index in [-0.39, 0.29) is 41.2 Å². The topological polar surface area (TPSA) is 96.4 Å². The normalized spacial score (nSPS) is 26.8. The Morgan fingerprint density at radius 2 is 2.16 bits per heavy atom. The predicted molar refractivity (Wildman–Crippen MR) is 92.1 cm³/mol. The van der Waals surface area contributed by atoms with E-state index in [1.54, 1.807) is 23.4 Å². The van der Waals surface area contributed by atoms with E-state index in [0.29, 0.717) is 25.9 Å². The van der Waals surface area contributed by atoms with Gasteiger partial charge >= 0.3 is 0 Å². The zero-order valence-corrected chi connectivity index (χ0v) is 15.0. The Balaban J connectivity index is 1.53. The van der Waals surface area contributed by atoms with Crippen molar-refractivity contribution in [3.63, 3.8) is 0 Å². The van der Waals surface area contributed by atoms with Crippen LogP contribution in [0.15, 0.2) is 24.5 Å². The van der Waals surface area contributed by atoms with Gasteiger partial charge in [0.15, 0.2) is 9.84 Å². The number of amides is 2. The van der Waals surface area contributed by atoms with Crippen molar-refractivity contribution in [2.75, 3.05) is 18.1 Å². The highest BCUT2D eigenvalue weighted by Crippen LogP contribution is 2.41. The molecule has 1 saturated heterocycles. The highest BCUT2D eigenvalue weighted by atomic mass is 32.2.